The quantitative estimate of drug-likeness (QED) is 0.360. The van der Waals surface area contributed by atoms with Crippen molar-refractivity contribution in [3.63, 3.8) is 0 Å². The standard InChI is InChI=1S/C21H17N3O4/c1-11-17(12(2)22-20(11)28-21(26)27)19-23-15-9-8-14(10-16(15)24-19)18(25)13-6-4-3-5-7-13/h3-10,22H,1-2H3,(H,23,24)(H,26,27). The molecule has 140 valence electrons. The number of carboxylic acid groups (broad SMARTS) is 1. The summed E-state index contributed by atoms with van der Waals surface area (Å²) in [6, 6.07) is 14.4. The van der Waals surface area contributed by atoms with Gasteiger partial charge >= 0.3 is 6.16 Å². The minimum absolute atomic E-state index is 0.0650. The molecule has 0 radical (unpaired) electrons. The number of rotatable bonds is 4. The van der Waals surface area contributed by atoms with Crippen LogP contribution < -0.4 is 4.74 Å². The van der Waals surface area contributed by atoms with E-state index in [4.69, 9.17) is 9.84 Å². The number of carbonyl (C=O) groups is 2. The Hall–Kier alpha value is -3.87. The lowest BCUT2D eigenvalue weighted by Gasteiger charge is -2.00. The average Bonchev–Trinajstić information content (AvgIpc) is 3.20. The molecule has 0 aliphatic rings. The van der Waals surface area contributed by atoms with Gasteiger partial charge < -0.3 is 19.8 Å². The molecule has 0 saturated heterocycles. The van der Waals surface area contributed by atoms with Gasteiger partial charge in [0.15, 0.2) is 5.78 Å². The van der Waals surface area contributed by atoms with Crippen LogP contribution in [0.2, 0.25) is 0 Å². The van der Waals surface area contributed by atoms with Crippen molar-refractivity contribution in [2.45, 2.75) is 13.8 Å². The molecule has 7 nitrogen and oxygen atoms in total. The number of nitrogens with one attached hydrogen (secondary N) is 2. The van der Waals surface area contributed by atoms with E-state index in [1.54, 1.807) is 37.3 Å². The van der Waals surface area contributed by atoms with Gasteiger partial charge in [-0.15, -0.1) is 0 Å². The first kappa shape index (κ1) is 17.5. The van der Waals surface area contributed by atoms with Gasteiger partial charge in [-0.2, -0.15) is 0 Å². The summed E-state index contributed by atoms with van der Waals surface area (Å²) in [6.07, 6.45) is -1.38. The number of imidazole rings is 1. The third-order valence-corrected chi connectivity index (χ3v) is 4.60. The van der Waals surface area contributed by atoms with Gasteiger partial charge in [0.1, 0.15) is 5.82 Å². The summed E-state index contributed by atoms with van der Waals surface area (Å²) in [5.74, 6) is 0.677. The van der Waals surface area contributed by atoms with Gasteiger partial charge in [0.2, 0.25) is 5.88 Å². The van der Waals surface area contributed by atoms with E-state index in [0.717, 1.165) is 16.8 Å². The van der Waals surface area contributed by atoms with Crippen LogP contribution in [0.5, 0.6) is 5.88 Å². The third-order valence-electron chi connectivity index (χ3n) is 4.60. The summed E-state index contributed by atoms with van der Waals surface area (Å²) >= 11 is 0. The van der Waals surface area contributed by atoms with Crippen molar-refractivity contribution in [1.82, 2.24) is 15.0 Å². The first-order chi connectivity index (χ1) is 13.4. The molecule has 0 unspecified atom stereocenters. The second kappa shape index (κ2) is 6.70. The monoisotopic (exact) mass is 375 g/mol. The van der Waals surface area contributed by atoms with Crippen LogP contribution in [0, 0.1) is 13.8 Å². The molecule has 0 fully saturated rings. The van der Waals surface area contributed by atoms with Gasteiger partial charge in [0, 0.05) is 27.9 Å². The molecular weight excluding hydrogens is 358 g/mol. The number of ether oxygens (including phenoxy) is 1. The molecule has 0 atom stereocenters. The fraction of sp³-hybridized carbons (Fsp3) is 0.0952. The molecule has 2 heterocycles. The number of hydrogen-bond donors (Lipinski definition) is 3. The number of aryl methyl sites for hydroxylation is 1. The van der Waals surface area contributed by atoms with Gasteiger partial charge in [-0.25, -0.2) is 9.78 Å². The highest BCUT2D eigenvalue weighted by molar-refractivity contribution is 6.10. The van der Waals surface area contributed by atoms with E-state index in [-0.39, 0.29) is 11.7 Å². The van der Waals surface area contributed by atoms with Crippen LogP contribution in [-0.4, -0.2) is 32.0 Å². The lowest BCUT2D eigenvalue weighted by molar-refractivity contribution is 0.103. The van der Waals surface area contributed by atoms with Crippen molar-refractivity contribution in [1.29, 1.82) is 0 Å². The number of aromatic nitrogens is 3. The maximum atomic E-state index is 12.7. The van der Waals surface area contributed by atoms with Crippen molar-refractivity contribution in [2.24, 2.45) is 0 Å². The highest BCUT2D eigenvalue weighted by atomic mass is 16.7. The van der Waals surface area contributed by atoms with Crippen LogP contribution in [0.3, 0.4) is 0 Å². The number of aromatic amines is 2. The Bertz CT molecular complexity index is 1210. The van der Waals surface area contributed by atoms with E-state index in [2.05, 4.69) is 15.0 Å². The number of hydrogen-bond acceptors (Lipinski definition) is 4. The highest BCUT2D eigenvalue weighted by Crippen LogP contribution is 2.33. The largest absolute Gasteiger partial charge is 0.512 e. The fourth-order valence-electron chi connectivity index (χ4n) is 3.29. The molecule has 2 aromatic carbocycles. The second-order valence-electron chi connectivity index (χ2n) is 6.46. The summed E-state index contributed by atoms with van der Waals surface area (Å²) in [4.78, 5) is 34.2. The van der Waals surface area contributed by atoms with E-state index >= 15 is 0 Å². The van der Waals surface area contributed by atoms with E-state index in [1.165, 1.54) is 0 Å². The van der Waals surface area contributed by atoms with Gasteiger partial charge in [0.05, 0.1) is 11.0 Å². The van der Waals surface area contributed by atoms with Crippen LogP contribution in [0.25, 0.3) is 22.4 Å². The van der Waals surface area contributed by atoms with Gasteiger partial charge in [-0.3, -0.25) is 4.79 Å². The van der Waals surface area contributed by atoms with Crippen LogP contribution in [0.1, 0.15) is 27.2 Å². The highest BCUT2D eigenvalue weighted by Gasteiger charge is 2.19. The molecule has 4 rings (SSSR count). The maximum Gasteiger partial charge on any atom is 0.512 e. The number of ketones is 1. The Balaban J connectivity index is 1.74. The molecule has 4 aromatic rings. The molecular formula is C21H17N3O4. The topological polar surface area (TPSA) is 108 Å². The zero-order valence-corrected chi connectivity index (χ0v) is 15.2. The van der Waals surface area contributed by atoms with E-state index in [9.17, 15) is 9.59 Å². The zero-order valence-electron chi connectivity index (χ0n) is 15.2. The van der Waals surface area contributed by atoms with Gasteiger partial charge in [-0.1, -0.05) is 30.3 Å². The van der Waals surface area contributed by atoms with E-state index in [1.807, 2.05) is 25.1 Å². The SMILES string of the molecule is Cc1[nH]c(OC(=O)O)c(C)c1-c1nc2ccc(C(=O)c3ccccc3)cc2[nH]1. The lowest BCUT2D eigenvalue weighted by Crippen LogP contribution is -2.04. The first-order valence-electron chi connectivity index (χ1n) is 8.64. The molecule has 0 aliphatic heterocycles. The molecule has 3 N–H and O–H groups in total. The summed E-state index contributed by atoms with van der Waals surface area (Å²) < 4.78 is 4.78. The minimum Gasteiger partial charge on any atom is -0.449 e. The summed E-state index contributed by atoms with van der Waals surface area (Å²) in [7, 11) is 0. The Kier molecular flexibility index (Phi) is 4.19. The molecule has 0 aliphatic carbocycles. The molecule has 2 aromatic heterocycles. The number of carbonyl (C=O) groups excluding carboxylic acids is 1. The number of nitrogens with zero attached hydrogens (tertiary/aromatic N) is 1. The van der Waals surface area contributed by atoms with Crippen molar-refractivity contribution >= 4 is 23.0 Å². The fourth-order valence-corrected chi connectivity index (χ4v) is 3.29. The summed E-state index contributed by atoms with van der Waals surface area (Å²) in [5, 5.41) is 8.86. The van der Waals surface area contributed by atoms with E-state index < -0.39 is 6.16 Å². The summed E-state index contributed by atoms with van der Waals surface area (Å²) in [5.41, 5.74) is 4.72. The van der Waals surface area contributed by atoms with Crippen LogP contribution >= 0.6 is 0 Å². The van der Waals surface area contributed by atoms with E-state index in [0.29, 0.717) is 28.0 Å². The minimum atomic E-state index is -1.38. The average molecular weight is 375 g/mol. The van der Waals surface area contributed by atoms with Gasteiger partial charge in [-0.05, 0) is 32.0 Å². The van der Waals surface area contributed by atoms with Crippen molar-refractivity contribution < 1.29 is 19.4 Å². The zero-order chi connectivity index (χ0) is 19.8. The normalized spacial score (nSPS) is 10.9. The Morgan fingerprint density at radius 1 is 1.00 bits per heavy atom. The Morgan fingerprint density at radius 2 is 1.75 bits per heavy atom. The number of fused-ring (bicyclic) bond motifs is 1. The second-order valence-corrected chi connectivity index (χ2v) is 6.46. The lowest BCUT2D eigenvalue weighted by atomic mass is 10.0. The molecule has 28 heavy (non-hydrogen) atoms. The molecule has 7 heteroatoms. The van der Waals surface area contributed by atoms with Crippen molar-refractivity contribution in [2.75, 3.05) is 0 Å². The van der Waals surface area contributed by atoms with Crippen LogP contribution in [0.15, 0.2) is 48.5 Å². The molecule has 0 saturated carbocycles. The number of H-pyrrole nitrogens is 2. The number of benzene rings is 2. The first-order valence-corrected chi connectivity index (χ1v) is 8.64. The maximum absolute atomic E-state index is 12.7. The smallest absolute Gasteiger partial charge is 0.449 e. The summed E-state index contributed by atoms with van der Waals surface area (Å²) in [6.45, 7) is 3.57. The molecule has 0 bridgehead atoms. The third kappa shape index (κ3) is 3.03. The molecule has 0 amide bonds. The van der Waals surface area contributed by atoms with Crippen LogP contribution in [-0.2, 0) is 0 Å². The van der Waals surface area contributed by atoms with Crippen molar-refractivity contribution in [3.8, 4) is 17.3 Å². The predicted molar refractivity (Wildman–Crippen MR) is 104 cm³/mol. The predicted octanol–water partition coefficient (Wildman–Crippen LogP) is 4.46. The van der Waals surface area contributed by atoms with Crippen LogP contribution in [0.4, 0.5) is 4.79 Å². The Labute approximate surface area is 160 Å². The Morgan fingerprint density at radius 3 is 2.46 bits per heavy atom. The molecule has 0 spiro atoms. The van der Waals surface area contributed by atoms with Crippen molar-refractivity contribution in [3.05, 3.63) is 70.9 Å². The van der Waals surface area contributed by atoms with Gasteiger partial charge in [0.25, 0.3) is 0 Å².